The molecule has 1 saturated heterocycles. The molecule has 0 spiro atoms. The number of carbonyl (C=O) groups is 2. The Hall–Kier alpha value is -4.02. The maximum Gasteiger partial charge on any atom is 0.435 e. The third kappa shape index (κ3) is 5.76. The van der Waals surface area contributed by atoms with Gasteiger partial charge in [0.25, 0.3) is 5.91 Å². The summed E-state index contributed by atoms with van der Waals surface area (Å²) >= 11 is 0. The quantitative estimate of drug-likeness (QED) is 0.234. The molecule has 3 aromatic heterocycles. The number of Topliss-reactive ketones (excluding diaryl/α,β-unsaturated/α-hetero) is 1. The first-order chi connectivity index (χ1) is 21.0. The molecule has 2 fully saturated rings. The van der Waals surface area contributed by atoms with Gasteiger partial charge in [-0.3, -0.25) is 23.7 Å². The van der Waals surface area contributed by atoms with E-state index in [4.69, 9.17) is 0 Å². The van der Waals surface area contributed by atoms with Crippen molar-refractivity contribution in [1.82, 2.24) is 29.0 Å². The lowest BCUT2D eigenvalue weighted by atomic mass is 9.85. The molecule has 6 rings (SSSR count). The smallest absolute Gasteiger partial charge is 0.339 e. The van der Waals surface area contributed by atoms with E-state index in [9.17, 15) is 22.8 Å². The average molecular weight is 607 g/mol. The van der Waals surface area contributed by atoms with Crippen LogP contribution in [-0.2, 0) is 17.4 Å². The number of likely N-dealkylation sites (tertiary alicyclic amines) is 1. The van der Waals surface area contributed by atoms with E-state index in [1.165, 1.54) is 17.1 Å². The number of nitrogens with zero attached hydrogens (tertiary/aromatic N) is 6. The van der Waals surface area contributed by atoms with Crippen LogP contribution in [0, 0.1) is 18.8 Å². The Balaban J connectivity index is 1.18. The lowest BCUT2D eigenvalue weighted by molar-refractivity contribution is -0.141. The molecule has 1 aliphatic heterocycles. The van der Waals surface area contributed by atoms with Crippen LogP contribution in [0.1, 0.15) is 91.3 Å². The predicted octanol–water partition coefficient (Wildman–Crippen LogP) is 6.70. The van der Waals surface area contributed by atoms with Crippen molar-refractivity contribution < 1.29 is 22.8 Å². The second kappa shape index (κ2) is 11.8. The number of alkyl halides is 3. The summed E-state index contributed by atoms with van der Waals surface area (Å²) in [5.41, 5.74) is 2.74. The maximum absolute atomic E-state index is 13.9. The van der Waals surface area contributed by atoms with Crippen LogP contribution in [0.25, 0.3) is 16.9 Å². The van der Waals surface area contributed by atoms with Crippen LogP contribution < -0.4 is 0 Å². The van der Waals surface area contributed by atoms with Crippen molar-refractivity contribution in [3.63, 3.8) is 0 Å². The van der Waals surface area contributed by atoms with Crippen LogP contribution in [0.5, 0.6) is 0 Å². The topological polar surface area (TPSA) is 85.4 Å². The Labute approximate surface area is 254 Å². The van der Waals surface area contributed by atoms with Crippen LogP contribution in [-0.4, -0.2) is 53.8 Å². The lowest BCUT2D eigenvalue weighted by Gasteiger charge is -2.32. The molecule has 0 N–H and O–H groups in total. The zero-order chi connectivity index (χ0) is 31.2. The van der Waals surface area contributed by atoms with Gasteiger partial charge in [-0.25, -0.2) is 4.98 Å². The molecule has 0 unspecified atom stereocenters. The monoisotopic (exact) mass is 606 g/mol. The summed E-state index contributed by atoms with van der Waals surface area (Å²) in [7, 11) is 0. The Bertz CT molecular complexity index is 1690. The number of amides is 1. The van der Waals surface area contributed by atoms with Crippen molar-refractivity contribution >= 4 is 17.3 Å². The van der Waals surface area contributed by atoms with Gasteiger partial charge < -0.3 is 4.90 Å². The Kier molecular flexibility index (Phi) is 8.06. The minimum absolute atomic E-state index is 0.0265. The van der Waals surface area contributed by atoms with Crippen LogP contribution >= 0.6 is 0 Å². The van der Waals surface area contributed by atoms with Crippen molar-refractivity contribution in [3.8, 4) is 11.3 Å². The van der Waals surface area contributed by atoms with Crippen LogP contribution in [0.3, 0.4) is 0 Å². The van der Waals surface area contributed by atoms with Gasteiger partial charge in [0, 0.05) is 61.5 Å². The maximum atomic E-state index is 13.9. The highest BCUT2D eigenvalue weighted by Gasteiger charge is 2.39. The van der Waals surface area contributed by atoms with E-state index in [0.29, 0.717) is 42.2 Å². The number of hydrogen-bond acceptors (Lipinski definition) is 5. The summed E-state index contributed by atoms with van der Waals surface area (Å²) in [5, 5.41) is 3.82. The summed E-state index contributed by atoms with van der Waals surface area (Å²) in [6.07, 6.45) is 7.53. The number of piperidine rings is 1. The number of ketones is 1. The van der Waals surface area contributed by atoms with E-state index in [0.717, 1.165) is 49.7 Å². The minimum Gasteiger partial charge on any atom is -0.339 e. The predicted molar refractivity (Wildman–Crippen MR) is 159 cm³/mol. The molecule has 2 aliphatic rings. The molecular formula is C33H37F3N6O2. The molecule has 4 heterocycles. The highest BCUT2D eigenvalue weighted by Crippen LogP contribution is 2.37. The summed E-state index contributed by atoms with van der Waals surface area (Å²) in [6.45, 7) is 6.62. The normalized spacial score (nSPS) is 16.8. The van der Waals surface area contributed by atoms with Crippen molar-refractivity contribution in [3.05, 3.63) is 71.1 Å². The van der Waals surface area contributed by atoms with Gasteiger partial charge in [-0.1, -0.05) is 25.0 Å². The lowest BCUT2D eigenvalue weighted by Crippen LogP contribution is -2.41. The number of halogens is 3. The number of carbonyl (C=O) groups excluding carboxylic acids is 2. The van der Waals surface area contributed by atoms with Gasteiger partial charge >= 0.3 is 6.18 Å². The van der Waals surface area contributed by atoms with Gasteiger partial charge in [-0.05, 0) is 63.6 Å². The third-order valence-corrected chi connectivity index (χ3v) is 9.14. The molecule has 1 aromatic carbocycles. The van der Waals surface area contributed by atoms with E-state index in [1.807, 2.05) is 30.0 Å². The number of fused-ring (bicyclic) bond motifs is 1. The number of aromatic nitrogens is 5. The molecule has 0 bridgehead atoms. The minimum atomic E-state index is -4.62. The van der Waals surface area contributed by atoms with Crippen molar-refractivity contribution in [2.45, 2.75) is 77.9 Å². The Morgan fingerprint density at radius 1 is 1.02 bits per heavy atom. The number of rotatable bonds is 7. The fourth-order valence-electron chi connectivity index (χ4n) is 6.70. The summed E-state index contributed by atoms with van der Waals surface area (Å²) in [6, 6.07) is 5.43. The van der Waals surface area contributed by atoms with Crippen LogP contribution in [0.15, 0.2) is 43.0 Å². The van der Waals surface area contributed by atoms with E-state index in [1.54, 1.807) is 30.6 Å². The van der Waals surface area contributed by atoms with E-state index in [-0.39, 0.29) is 35.0 Å². The molecule has 1 saturated carbocycles. The zero-order valence-electron chi connectivity index (χ0n) is 25.3. The summed E-state index contributed by atoms with van der Waals surface area (Å²) in [5.74, 6) is 0.652. The molecule has 4 aromatic rings. The largest absolute Gasteiger partial charge is 0.435 e. The molecule has 1 aliphatic carbocycles. The van der Waals surface area contributed by atoms with Gasteiger partial charge in [0.2, 0.25) is 0 Å². The highest BCUT2D eigenvalue weighted by molar-refractivity contribution is 5.96. The van der Waals surface area contributed by atoms with Gasteiger partial charge in [0.05, 0.1) is 23.1 Å². The molecule has 8 nitrogen and oxygen atoms in total. The standard InChI is InChI=1S/C33H37F3N6O2/c1-20(2)42-19-26(30(39-42)33(34,35)36)28-18-38-31-27(37-12-15-41(28)31)17-22-8-9-25(21(3)16-22)32(44)40-13-10-24(11-14-40)29(43)23-6-4-5-7-23/h8-9,12,15-16,18-20,23-24H,4-7,10-11,13-14,17H2,1-3H3. The van der Waals surface area contributed by atoms with Gasteiger partial charge in [-0.15, -0.1) is 0 Å². The Morgan fingerprint density at radius 3 is 2.39 bits per heavy atom. The molecule has 1 amide bonds. The average Bonchev–Trinajstić information content (AvgIpc) is 3.77. The van der Waals surface area contributed by atoms with Crippen molar-refractivity contribution in [1.29, 1.82) is 0 Å². The first kappa shape index (κ1) is 30.0. The van der Waals surface area contributed by atoms with E-state index >= 15 is 0 Å². The number of benzene rings is 1. The first-order valence-corrected chi connectivity index (χ1v) is 15.4. The van der Waals surface area contributed by atoms with Gasteiger partial charge in [0.1, 0.15) is 5.78 Å². The molecule has 44 heavy (non-hydrogen) atoms. The molecule has 232 valence electrons. The second-order valence-corrected chi connectivity index (χ2v) is 12.5. The van der Waals surface area contributed by atoms with Crippen LogP contribution in [0.4, 0.5) is 13.2 Å². The third-order valence-electron chi connectivity index (χ3n) is 9.14. The van der Waals surface area contributed by atoms with Crippen LogP contribution in [0.2, 0.25) is 0 Å². The van der Waals surface area contributed by atoms with Crippen molar-refractivity contribution in [2.75, 3.05) is 13.1 Å². The van der Waals surface area contributed by atoms with Gasteiger partial charge in [0.15, 0.2) is 11.3 Å². The number of imidazole rings is 1. The number of aryl methyl sites for hydroxylation is 1. The Morgan fingerprint density at radius 2 is 1.73 bits per heavy atom. The zero-order valence-corrected chi connectivity index (χ0v) is 25.3. The van der Waals surface area contributed by atoms with E-state index < -0.39 is 11.9 Å². The summed E-state index contributed by atoms with van der Waals surface area (Å²) in [4.78, 5) is 37.1. The molecule has 0 atom stereocenters. The highest BCUT2D eigenvalue weighted by atomic mass is 19.4. The van der Waals surface area contributed by atoms with Gasteiger partial charge in [-0.2, -0.15) is 18.3 Å². The molecule has 11 heteroatoms. The SMILES string of the molecule is Cc1cc(Cc2nccn3c(-c4cn(C(C)C)nc4C(F)(F)F)cnc23)ccc1C(=O)N1CCC(C(=O)C2CCCC2)CC1. The summed E-state index contributed by atoms with van der Waals surface area (Å²) < 4.78 is 44.6. The molecular weight excluding hydrogens is 569 g/mol. The first-order valence-electron chi connectivity index (χ1n) is 15.4. The van der Waals surface area contributed by atoms with Crippen molar-refractivity contribution in [2.24, 2.45) is 11.8 Å². The number of hydrogen-bond donors (Lipinski definition) is 0. The second-order valence-electron chi connectivity index (χ2n) is 12.5. The van der Waals surface area contributed by atoms with E-state index in [2.05, 4.69) is 15.1 Å². The fraction of sp³-hybridized carbons (Fsp3) is 0.485. The molecule has 0 radical (unpaired) electrons. The fourth-order valence-corrected chi connectivity index (χ4v) is 6.70.